The van der Waals surface area contributed by atoms with Gasteiger partial charge in [0.2, 0.25) is 5.91 Å². The molecule has 2 heterocycles. The first-order valence-corrected chi connectivity index (χ1v) is 21.8. The number of rotatable bonds is 15. The number of fused-ring (bicyclic) bond motifs is 6. The van der Waals surface area contributed by atoms with E-state index in [1.54, 1.807) is 6.92 Å². The first kappa shape index (κ1) is 43.1. The Hall–Kier alpha value is -3.48. The normalized spacial score (nSPS) is 36.4. The Morgan fingerprint density at radius 1 is 1.09 bits per heavy atom. The van der Waals surface area contributed by atoms with E-state index in [4.69, 9.17) is 21.4 Å². The van der Waals surface area contributed by atoms with Gasteiger partial charge in [0.15, 0.2) is 0 Å². The third-order valence-electron chi connectivity index (χ3n) is 14.7. The molecule has 0 aromatic rings. The summed E-state index contributed by atoms with van der Waals surface area (Å²) in [4.78, 5) is 56.9. The lowest BCUT2D eigenvalue weighted by atomic mass is 9.43. The Morgan fingerprint density at radius 3 is 2.60 bits per heavy atom. The number of nitrogens with zero attached hydrogens (tertiary/aromatic N) is 4. The van der Waals surface area contributed by atoms with Gasteiger partial charge in [0, 0.05) is 30.1 Å². The van der Waals surface area contributed by atoms with Crippen molar-refractivity contribution in [2.24, 2.45) is 51.5 Å². The van der Waals surface area contributed by atoms with Gasteiger partial charge in [0.05, 0.1) is 25.4 Å². The number of hydrogen-bond donors (Lipinski definition) is 5. The number of thioether (sulfide) groups is 1. The zero-order chi connectivity index (χ0) is 41.1. The van der Waals surface area contributed by atoms with Crippen molar-refractivity contribution in [3.05, 3.63) is 21.7 Å². The number of ether oxygens (including phenoxy) is 2. The molecule has 0 radical (unpaired) electrons. The van der Waals surface area contributed by atoms with Crippen molar-refractivity contribution in [1.82, 2.24) is 20.9 Å². The number of amides is 4. The predicted molar refractivity (Wildman–Crippen MR) is 213 cm³/mol. The fourth-order valence-electron chi connectivity index (χ4n) is 11.9. The number of carbonyl (C=O) groups is 4. The van der Waals surface area contributed by atoms with Crippen molar-refractivity contribution in [1.29, 1.82) is 0 Å². The largest absolute Gasteiger partial charge is 0.447 e. The molecule has 6 aliphatic rings. The quantitative estimate of drug-likeness (QED) is 0.0297. The Balaban J connectivity index is 0.980. The monoisotopic (exact) mass is 811 g/mol. The second-order valence-corrected chi connectivity index (χ2v) is 18.9. The average molecular weight is 812 g/mol. The van der Waals surface area contributed by atoms with E-state index in [-0.39, 0.29) is 73.3 Å². The van der Waals surface area contributed by atoms with Crippen LogP contribution in [0.4, 0.5) is 4.79 Å². The number of hydrogen-bond acceptors (Lipinski definition) is 10. The maximum Gasteiger partial charge on any atom is 0.408 e. The zero-order valence-corrected chi connectivity index (χ0v) is 34.6. The molecular weight excluding hydrogens is 751 g/mol. The van der Waals surface area contributed by atoms with Crippen LogP contribution >= 0.6 is 11.8 Å². The number of terminal acetylenes is 1. The van der Waals surface area contributed by atoms with Crippen molar-refractivity contribution in [3.8, 4) is 12.3 Å². The molecule has 0 bridgehead atoms. The summed E-state index contributed by atoms with van der Waals surface area (Å²) >= 11 is 1.49. The predicted octanol–water partition coefficient (Wildman–Crippen LogP) is 4.59. The maximum absolute atomic E-state index is 13.5. The molecule has 2 aliphatic heterocycles. The highest BCUT2D eigenvalue weighted by Gasteiger charge is 2.63. The molecule has 4 saturated carbocycles. The van der Waals surface area contributed by atoms with Crippen LogP contribution in [0.3, 0.4) is 0 Å². The van der Waals surface area contributed by atoms with Crippen molar-refractivity contribution in [3.63, 3.8) is 0 Å². The minimum atomic E-state index is -0.967. The number of β-lactam (4-membered cyclic amide) rings is 1. The van der Waals surface area contributed by atoms with E-state index in [1.807, 2.05) is 0 Å². The van der Waals surface area contributed by atoms with Crippen molar-refractivity contribution in [2.45, 2.75) is 128 Å². The summed E-state index contributed by atoms with van der Waals surface area (Å²) in [5.74, 6) is 4.17. The van der Waals surface area contributed by atoms with Crippen LogP contribution < -0.4 is 16.0 Å². The Labute approximate surface area is 340 Å². The fourth-order valence-corrected chi connectivity index (χ4v) is 13.2. The summed E-state index contributed by atoms with van der Waals surface area (Å²) in [6, 6.07) is -0.750. The maximum atomic E-state index is 13.5. The van der Waals surface area contributed by atoms with Crippen LogP contribution in [0.5, 0.6) is 0 Å². The molecule has 1 saturated heterocycles. The van der Waals surface area contributed by atoms with Crippen molar-refractivity contribution >= 4 is 35.6 Å². The van der Waals surface area contributed by atoms with Gasteiger partial charge in [0.1, 0.15) is 29.9 Å². The molecule has 57 heavy (non-hydrogen) atoms. The van der Waals surface area contributed by atoms with Gasteiger partial charge in [-0.1, -0.05) is 25.9 Å². The number of nitrogens with one attached hydrogen (secondary N) is 3. The van der Waals surface area contributed by atoms with E-state index in [9.17, 15) is 29.4 Å². The van der Waals surface area contributed by atoms with E-state index < -0.39 is 29.6 Å². The molecule has 6 rings (SSSR count). The summed E-state index contributed by atoms with van der Waals surface area (Å²) in [6.07, 6.45) is 12.1. The lowest BCUT2D eigenvalue weighted by molar-refractivity contribution is -0.174. The van der Waals surface area contributed by atoms with Gasteiger partial charge in [-0.25, -0.2) is 4.79 Å². The van der Waals surface area contributed by atoms with Gasteiger partial charge < -0.3 is 35.6 Å². The van der Waals surface area contributed by atoms with Crippen molar-refractivity contribution in [2.75, 3.05) is 32.1 Å². The molecule has 4 amide bonds. The zero-order valence-electron chi connectivity index (χ0n) is 33.8. The third-order valence-corrected chi connectivity index (χ3v) is 16.1. The van der Waals surface area contributed by atoms with Crippen LogP contribution in [-0.2, 0) is 23.9 Å². The Bertz CT molecular complexity index is 1670. The molecule has 4 aliphatic carbocycles. The highest BCUT2D eigenvalue weighted by molar-refractivity contribution is 8.00. The topological polar surface area (TPSA) is 215 Å². The number of carbonyl (C=O) groups excluding carboxylic acids is 4. The number of aliphatic hydroxyl groups excluding tert-OH is 2. The minimum Gasteiger partial charge on any atom is -0.447 e. The highest BCUT2D eigenvalue weighted by Crippen LogP contribution is 2.68. The van der Waals surface area contributed by atoms with E-state index in [1.165, 1.54) is 16.7 Å². The van der Waals surface area contributed by atoms with Crippen LogP contribution in [-0.4, -0.2) is 101 Å². The second-order valence-electron chi connectivity index (χ2n) is 17.8. The first-order valence-electron chi connectivity index (χ1n) is 20.8. The third kappa shape index (κ3) is 8.79. The fraction of sp³-hybridized carbons (Fsp3) is 0.805. The summed E-state index contributed by atoms with van der Waals surface area (Å²) < 4.78 is 10.3. The molecular formula is C41H61N7O8S. The van der Waals surface area contributed by atoms with Crippen LogP contribution in [0.25, 0.3) is 10.4 Å². The van der Waals surface area contributed by atoms with Crippen molar-refractivity contribution < 1.29 is 38.9 Å². The minimum absolute atomic E-state index is 0.0333. The van der Waals surface area contributed by atoms with E-state index >= 15 is 0 Å². The number of alkyl carbamates (subject to hydrolysis) is 1. The lowest BCUT2D eigenvalue weighted by Crippen LogP contribution is -2.71. The van der Waals surface area contributed by atoms with Gasteiger partial charge in [-0.15, -0.1) is 24.1 Å². The van der Waals surface area contributed by atoms with Gasteiger partial charge in [0.25, 0.3) is 11.8 Å². The average Bonchev–Trinajstić information content (AvgIpc) is 3.53. The van der Waals surface area contributed by atoms with E-state index in [0.29, 0.717) is 59.7 Å². The SMILES string of the molecule is C#CCC(NC(=O)OCCOCCN=[N+]=[N-])NC(=O)C1=C(C)CSC2C(NC(=O)CC[C@@H](C)[C@H]3CC[C@H]4[C@@H]5C(O)C[C@@H]6C[C@H](O)CC[C@]6(C)[C@H]5CC[C@]34C)C(=O)N12. The van der Waals surface area contributed by atoms with Crippen LogP contribution in [0.1, 0.15) is 98.3 Å². The molecule has 314 valence electrons. The Kier molecular flexibility index (Phi) is 13.8. The molecule has 16 heteroatoms. The molecule has 0 spiro atoms. The smallest absolute Gasteiger partial charge is 0.408 e. The van der Waals surface area contributed by atoms with Gasteiger partial charge in [-0.3, -0.25) is 19.3 Å². The second kappa shape index (κ2) is 18.2. The van der Waals surface area contributed by atoms with Crippen LogP contribution in [0.15, 0.2) is 16.4 Å². The molecule has 5 fully saturated rings. The summed E-state index contributed by atoms with van der Waals surface area (Å²) in [5.41, 5.74) is 9.46. The molecule has 4 unspecified atom stereocenters. The lowest BCUT2D eigenvalue weighted by Gasteiger charge is -2.62. The molecule has 5 N–H and O–H groups in total. The standard InChI is InChI=1S/C41H61N7O8S/c1-6-7-31(45-39(54)56-19-18-55-17-16-43-47-42)44-36(52)35-24(3)22-57-38-34(37(53)48(35)38)46-32(51)11-8-23(2)27-9-10-28-33-29(13-15-41(27,28)5)40(4)14-12-26(49)20-25(40)21-30(33)50/h1,23,25-31,33-34,38,49-50H,7-22H2,2-5H3,(H,44,52)(H,45,54)(H,46,51)/t23-,25+,26-,27-,28+,29+,30?,31?,33+,34?,38?,40+,41-/m1/s1. The first-order chi connectivity index (χ1) is 27.2. The van der Waals surface area contributed by atoms with Crippen LogP contribution in [0, 0.1) is 58.7 Å². The molecule has 0 aromatic heterocycles. The summed E-state index contributed by atoms with van der Waals surface area (Å²) in [5, 5.41) is 33.1. The molecule has 15 nitrogen and oxygen atoms in total. The van der Waals surface area contributed by atoms with E-state index in [2.05, 4.69) is 52.7 Å². The van der Waals surface area contributed by atoms with Gasteiger partial charge >= 0.3 is 6.09 Å². The summed E-state index contributed by atoms with van der Waals surface area (Å²) in [6.45, 7) is 9.24. The highest BCUT2D eigenvalue weighted by atomic mass is 32.2. The summed E-state index contributed by atoms with van der Waals surface area (Å²) in [7, 11) is 0. The number of azide groups is 1. The number of aliphatic hydroxyl groups is 2. The van der Waals surface area contributed by atoms with E-state index in [0.717, 1.165) is 51.4 Å². The Morgan fingerprint density at radius 2 is 1.84 bits per heavy atom. The molecule has 0 aromatic carbocycles. The van der Waals surface area contributed by atoms with Gasteiger partial charge in [-0.05, 0) is 122 Å². The molecule has 13 atom stereocenters. The van der Waals surface area contributed by atoms with Crippen LogP contribution in [0.2, 0.25) is 0 Å². The van der Waals surface area contributed by atoms with Gasteiger partial charge in [-0.2, -0.15) is 0 Å².